The first-order valence-electron chi connectivity index (χ1n) is 6.86. The van der Waals surface area contributed by atoms with Crippen molar-refractivity contribution in [2.75, 3.05) is 17.2 Å². The first kappa shape index (κ1) is 15.2. The van der Waals surface area contributed by atoms with Gasteiger partial charge in [-0.15, -0.1) is 0 Å². The molecule has 1 atom stereocenters. The molecule has 1 unspecified atom stereocenters. The zero-order valence-electron chi connectivity index (χ0n) is 12.4. The van der Waals surface area contributed by atoms with Gasteiger partial charge in [0, 0.05) is 23.8 Å². The van der Waals surface area contributed by atoms with Crippen LogP contribution in [0.25, 0.3) is 0 Å². The van der Waals surface area contributed by atoms with Gasteiger partial charge in [0.15, 0.2) is 0 Å². The summed E-state index contributed by atoms with van der Waals surface area (Å²) in [5.41, 5.74) is 6.96. The second kappa shape index (κ2) is 5.33. The van der Waals surface area contributed by atoms with Gasteiger partial charge in [-0.25, -0.2) is 0 Å². The van der Waals surface area contributed by atoms with E-state index in [1.165, 1.54) is 6.07 Å². The molecule has 0 bridgehead atoms. The number of amides is 1. The Hall–Kier alpha value is -2.15. The molecule has 0 radical (unpaired) electrons. The number of carbonyl (C=O) groups is 1. The molecule has 1 aliphatic rings. The molecule has 1 amide bonds. The van der Waals surface area contributed by atoms with Gasteiger partial charge in [-0.1, -0.05) is 13.8 Å². The molecule has 2 rings (SSSR count). The number of nitro groups is 1. The molecule has 0 spiro atoms. The molecular weight excluding hydrogens is 272 g/mol. The number of rotatable bonds is 5. The predicted octanol–water partition coefficient (Wildman–Crippen LogP) is 1.87. The minimum Gasteiger partial charge on any atom is -0.373 e. The minimum atomic E-state index is -0.471. The first-order chi connectivity index (χ1) is 9.76. The molecular formula is C14H20N4O3. The monoisotopic (exact) mass is 292 g/mol. The van der Waals surface area contributed by atoms with Gasteiger partial charge in [0.1, 0.15) is 5.69 Å². The highest BCUT2D eigenvalue weighted by molar-refractivity contribution is 6.00. The highest BCUT2D eigenvalue weighted by atomic mass is 16.6. The summed E-state index contributed by atoms with van der Waals surface area (Å²) in [7, 11) is 0. The SMILES string of the molecule is CC(C)C(C)(CN)Nc1cc2c(cc1[N+](=O)[O-])CC(=O)N2. The number of hydrogen-bond donors (Lipinski definition) is 3. The highest BCUT2D eigenvalue weighted by Gasteiger charge is 2.31. The summed E-state index contributed by atoms with van der Waals surface area (Å²) in [6.45, 7) is 6.26. The van der Waals surface area contributed by atoms with E-state index in [1.54, 1.807) is 6.07 Å². The fraction of sp³-hybridized carbons (Fsp3) is 0.500. The molecule has 1 aliphatic heterocycles. The van der Waals surface area contributed by atoms with Gasteiger partial charge in [-0.3, -0.25) is 14.9 Å². The van der Waals surface area contributed by atoms with Crippen LogP contribution in [0.3, 0.4) is 0 Å². The van der Waals surface area contributed by atoms with Crippen LogP contribution in [-0.4, -0.2) is 22.9 Å². The summed E-state index contributed by atoms with van der Waals surface area (Å²) in [5.74, 6) is 0.0341. The lowest BCUT2D eigenvalue weighted by Gasteiger charge is -2.34. The van der Waals surface area contributed by atoms with Crippen LogP contribution in [0.1, 0.15) is 26.3 Å². The van der Waals surface area contributed by atoms with Crippen LogP contribution in [0.2, 0.25) is 0 Å². The van der Waals surface area contributed by atoms with Gasteiger partial charge in [-0.2, -0.15) is 0 Å². The van der Waals surface area contributed by atoms with Gasteiger partial charge in [0.05, 0.1) is 11.3 Å². The van der Waals surface area contributed by atoms with Gasteiger partial charge >= 0.3 is 0 Å². The summed E-state index contributed by atoms with van der Waals surface area (Å²) < 4.78 is 0. The molecule has 1 heterocycles. The van der Waals surface area contributed by atoms with E-state index in [1.807, 2.05) is 20.8 Å². The van der Waals surface area contributed by atoms with E-state index in [9.17, 15) is 14.9 Å². The van der Waals surface area contributed by atoms with Crippen LogP contribution in [-0.2, 0) is 11.2 Å². The van der Waals surface area contributed by atoms with Crippen LogP contribution in [0.5, 0.6) is 0 Å². The molecule has 0 fully saturated rings. The zero-order chi connectivity index (χ0) is 15.8. The second-order valence-corrected chi connectivity index (χ2v) is 5.91. The van der Waals surface area contributed by atoms with Crippen molar-refractivity contribution in [3.8, 4) is 0 Å². The molecule has 0 saturated carbocycles. The minimum absolute atomic E-state index is 0.0365. The van der Waals surface area contributed by atoms with Crippen molar-refractivity contribution in [2.45, 2.75) is 32.7 Å². The van der Waals surface area contributed by atoms with Crippen molar-refractivity contribution in [1.82, 2.24) is 0 Å². The Morgan fingerprint density at radius 3 is 2.71 bits per heavy atom. The number of nitrogens with two attached hydrogens (primary N) is 1. The topological polar surface area (TPSA) is 110 Å². The Morgan fingerprint density at radius 1 is 1.52 bits per heavy atom. The normalized spacial score (nSPS) is 16.3. The quantitative estimate of drug-likeness (QED) is 0.567. The lowest BCUT2D eigenvalue weighted by atomic mass is 9.88. The maximum atomic E-state index is 11.4. The largest absolute Gasteiger partial charge is 0.373 e. The summed E-state index contributed by atoms with van der Waals surface area (Å²) in [6, 6.07) is 3.07. The van der Waals surface area contributed by atoms with Crippen molar-refractivity contribution >= 4 is 23.0 Å². The van der Waals surface area contributed by atoms with Crippen LogP contribution < -0.4 is 16.4 Å². The van der Waals surface area contributed by atoms with Crippen LogP contribution >= 0.6 is 0 Å². The van der Waals surface area contributed by atoms with Gasteiger partial charge in [0.25, 0.3) is 5.69 Å². The van der Waals surface area contributed by atoms with Crippen molar-refractivity contribution in [3.63, 3.8) is 0 Å². The zero-order valence-corrected chi connectivity index (χ0v) is 12.4. The Balaban J connectivity index is 2.46. The van der Waals surface area contributed by atoms with Crippen molar-refractivity contribution in [3.05, 3.63) is 27.8 Å². The Bertz CT molecular complexity index is 600. The third-order valence-electron chi connectivity index (χ3n) is 4.16. The summed E-state index contributed by atoms with van der Waals surface area (Å²) >= 11 is 0. The third kappa shape index (κ3) is 2.82. The number of nitro benzene ring substituents is 1. The average molecular weight is 292 g/mol. The molecule has 1 aromatic rings. The number of hydrogen-bond acceptors (Lipinski definition) is 5. The molecule has 114 valence electrons. The molecule has 0 aromatic heterocycles. The van der Waals surface area contributed by atoms with E-state index in [0.717, 1.165) is 0 Å². The third-order valence-corrected chi connectivity index (χ3v) is 4.16. The van der Waals surface area contributed by atoms with Gasteiger partial charge < -0.3 is 16.4 Å². The maximum absolute atomic E-state index is 11.4. The van der Waals surface area contributed by atoms with E-state index in [2.05, 4.69) is 10.6 Å². The number of nitrogens with one attached hydrogen (secondary N) is 2. The maximum Gasteiger partial charge on any atom is 0.292 e. The van der Waals surface area contributed by atoms with E-state index < -0.39 is 10.5 Å². The van der Waals surface area contributed by atoms with E-state index in [4.69, 9.17) is 5.73 Å². The molecule has 7 nitrogen and oxygen atoms in total. The first-order valence-corrected chi connectivity index (χ1v) is 6.86. The van der Waals surface area contributed by atoms with Crippen LogP contribution in [0.15, 0.2) is 12.1 Å². The van der Waals surface area contributed by atoms with E-state index >= 15 is 0 Å². The highest BCUT2D eigenvalue weighted by Crippen LogP contribution is 2.36. The van der Waals surface area contributed by atoms with E-state index in [0.29, 0.717) is 23.5 Å². The van der Waals surface area contributed by atoms with Crippen LogP contribution in [0, 0.1) is 16.0 Å². The Kier molecular flexibility index (Phi) is 3.87. The predicted molar refractivity (Wildman–Crippen MR) is 81.4 cm³/mol. The second-order valence-electron chi connectivity index (χ2n) is 5.91. The summed E-state index contributed by atoms with van der Waals surface area (Å²) in [6.07, 6.45) is 0.175. The molecule has 1 aromatic carbocycles. The molecule has 0 saturated heterocycles. The smallest absolute Gasteiger partial charge is 0.292 e. The fourth-order valence-electron chi connectivity index (χ4n) is 2.25. The van der Waals surface area contributed by atoms with Crippen molar-refractivity contribution < 1.29 is 9.72 Å². The number of carbonyl (C=O) groups excluding carboxylic acids is 1. The molecule has 0 aliphatic carbocycles. The lowest BCUT2D eigenvalue weighted by Crippen LogP contribution is -2.47. The Morgan fingerprint density at radius 2 is 2.19 bits per heavy atom. The Labute approximate surface area is 123 Å². The summed E-state index contributed by atoms with van der Waals surface area (Å²) in [4.78, 5) is 22.3. The van der Waals surface area contributed by atoms with E-state index in [-0.39, 0.29) is 23.9 Å². The molecule has 7 heteroatoms. The van der Waals surface area contributed by atoms with Gasteiger partial charge in [0.2, 0.25) is 5.91 Å². The van der Waals surface area contributed by atoms with Crippen molar-refractivity contribution in [2.24, 2.45) is 11.7 Å². The van der Waals surface area contributed by atoms with Crippen LogP contribution in [0.4, 0.5) is 17.1 Å². The fourth-order valence-corrected chi connectivity index (χ4v) is 2.25. The molecule has 4 N–H and O–H groups in total. The lowest BCUT2D eigenvalue weighted by molar-refractivity contribution is -0.384. The standard InChI is InChI=1S/C14H20N4O3/c1-8(2)14(3,7-15)17-11-6-10-9(5-13(19)16-10)4-12(11)18(20)21/h4,6,8,17H,5,7,15H2,1-3H3,(H,16,19). The average Bonchev–Trinajstić information content (AvgIpc) is 2.76. The number of benzene rings is 1. The number of anilines is 2. The number of fused-ring (bicyclic) bond motifs is 1. The molecule has 21 heavy (non-hydrogen) atoms. The van der Waals surface area contributed by atoms with Gasteiger partial charge in [-0.05, 0) is 24.5 Å². The summed E-state index contributed by atoms with van der Waals surface area (Å²) in [5, 5.41) is 17.2. The van der Waals surface area contributed by atoms with Crippen molar-refractivity contribution in [1.29, 1.82) is 0 Å². The number of nitrogens with zero attached hydrogens (tertiary/aromatic N) is 1.